The van der Waals surface area contributed by atoms with Gasteiger partial charge in [-0.25, -0.2) is 0 Å². The van der Waals surface area contributed by atoms with E-state index < -0.39 is 6.10 Å². The van der Waals surface area contributed by atoms with E-state index in [1.807, 2.05) is 0 Å². The van der Waals surface area contributed by atoms with Crippen LogP contribution >= 0.6 is 0 Å². The van der Waals surface area contributed by atoms with E-state index in [4.69, 9.17) is 14.2 Å². The summed E-state index contributed by atoms with van der Waals surface area (Å²) in [5.41, 5.74) is 0. The van der Waals surface area contributed by atoms with Crippen LogP contribution in [-0.2, 0) is 28.6 Å². The molecule has 0 N–H and O–H groups in total. The van der Waals surface area contributed by atoms with Crippen molar-refractivity contribution in [2.45, 2.75) is 348 Å². The van der Waals surface area contributed by atoms with Crippen LogP contribution in [0.15, 0.2) is 109 Å². The van der Waals surface area contributed by atoms with E-state index in [1.54, 1.807) is 0 Å². The van der Waals surface area contributed by atoms with Gasteiger partial charge in [-0.1, -0.05) is 323 Å². The molecule has 6 nitrogen and oxygen atoms in total. The van der Waals surface area contributed by atoms with Crippen LogP contribution in [0, 0.1) is 0 Å². The van der Waals surface area contributed by atoms with Gasteiger partial charge in [0.15, 0.2) is 6.10 Å². The molecule has 1 atom stereocenters. The molecule has 0 fully saturated rings. The second-order valence-electron chi connectivity index (χ2n) is 23.4. The summed E-state index contributed by atoms with van der Waals surface area (Å²) in [6.45, 7) is 6.55. The van der Waals surface area contributed by atoms with Gasteiger partial charge in [-0.05, 0) is 109 Å². The molecule has 0 aliphatic heterocycles. The first kappa shape index (κ1) is 79.1. The molecular weight excluding hydrogens is 1020 g/mol. The Balaban J connectivity index is 4.29. The highest BCUT2D eigenvalue weighted by atomic mass is 16.6. The van der Waals surface area contributed by atoms with Crippen LogP contribution in [-0.4, -0.2) is 37.2 Å². The van der Waals surface area contributed by atoms with Crippen molar-refractivity contribution in [1.29, 1.82) is 0 Å². The predicted molar refractivity (Wildman–Crippen MR) is 362 cm³/mol. The number of carbonyl (C=O) groups is 3. The van der Waals surface area contributed by atoms with Gasteiger partial charge in [0.25, 0.3) is 0 Å². The van der Waals surface area contributed by atoms with Crippen molar-refractivity contribution in [1.82, 2.24) is 0 Å². The summed E-state index contributed by atoms with van der Waals surface area (Å²) in [6, 6.07) is 0. The Kier molecular flexibility index (Phi) is 67.2. The zero-order chi connectivity index (χ0) is 59.9. The fraction of sp³-hybridized carbons (Fsp3) is 0.727. The summed E-state index contributed by atoms with van der Waals surface area (Å²) in [5.74, 6) is -0.877. The molecule has 0 amide bonds. The molecule has 0 aromatic carbocycles. The molecule has 0 aromatic rings. The van der Waals surface area contributed by atoms with E-state index in [0.29, 0.717) is 19.3 Å². The van der Waals surface area contributed by atoms with Crippen molar-refractivity contribution < 1.29 is 28.6 Å². The normalized spacial score (nSPS) is 12.8. The Morgan fingerprint density at radius 2 is 0.470 bits per heavy atom. The van der Waals surface area contributed by atoms with E-state index in [-0.39, 0.29) is 31.1 Å². The van der Waals surface area contributed by atoms with Crippen molar-refractivity contribution in [2.75, 3.05) is 13.2 Å². The molecular formula is C77H132O6. The van der Waals surface area contributed by atoms with Crippen LogP contribution < -0.4 is 0 Å². The minimum Gasteiger partial charge on any atom is -0.462 e. The number of rotatable bonds is 64. The van der Waals surface area contributed by atoms with Crippen LogP contribution in [0.25, 0.3) is 0 Å². The lowest BCUT2D eigenvalue weighted by molar-refractivity contribution is -0.167. The first-order valence-electron chi connectivity index (χ1n) is 35.4. The molecule has 0 aliphatic rings. The van der Waals surface area contributed by atoms with Gasteiger partial charge < -0.3 is 14.2 Å². The number of carbonyl (C=O) groups excluding carboxylic acids is 3. The Hall–Kier alpha value is -3.93. The maximum absolute atomic E-state index is 12.9. The average molecular weight is 1150 g/mol. The highest BCUT2D eigenvalue weighted by Gasteiger charge is 2.19. The summed E-state index contributed by atoms with van der Waals surface area (Å²) in [4.78, 5) is 38.4. The third-order valence-electron chi connectivity index (χ3n) is 15.3. The van der Waals surface area contributed by atoms with E-state index in [1.165, 1.54) is 186 Å². The summed E-state index contributed by atoms with van der Waals surface area (Å²) >= 11 is 0. The summed E-state index contributed by atoms with van der Waals surface area (Å²) < 4.78 is 17.0. The molecule has 476 valence electrons. The lowest BCUT2D eigenvalue weighted by Crippen LogP contribution is -2.30. The summed E-state index contributed by atoms with van der Waals surface area (Å²) in [5, 5.41) is 0. The van der Waals surface area contributed by atoms with Crippen LogP contribution in [0.5, 0.6) is 0 Å². The number of hydrogen-bond acceptors (Lipinski definition) is 6. The summed E-state index contributed by atoms with van der Waals surface area (Å²) in [6.07, 6.45) is 96.8. The van der Waals surface area contributed by atoms with Gasteiger partial charge >= 0.3 is 17.9 Å². The molecule has 0 spiro atoms. The first-order valence-corrected chi connectivity index (χ1v) is 35.4. The second kappa shape index (κ2) is 70.6. The largest absolute Gasteiger partial charge is 0.462 e. The maximum Gasteiger partial charge on any atom is 0.306 e. The Labute approximate surface area is 514 Å². The zero-order valence-electron chi connectivity index (χ0n) is 54.7. The van der Waals surface area contributed by atoms with Crippen molar-refractivity contribution in [3.63, 3.8) is 0 Å². The smallest absolute Gasteiger partial charge is 0.306 e. The number of allylic oxidation sites excluding steroid dienone is 18. The zero-order valence-corrected chi connectivity index (χ0v) is 54.7. The molecule has 0 bridgehead atoms. The van der Waals surface area contributed by atoms with Crippen molar-refractivity contribution in [3.05, 3.63) is 109 Å². The van der Waals surface area contributed by atoms with Gasteiger partial charge in [-0.2, -0.15) is 0 Å². The van der Waals surface area contributed by atoms with Crippen LogP contribution in [0.3, 0.4) is 0 Å². The molecule has 0 aliphatic carbocycles. The maximum atomic E-state index is 12.9. The molecule has 0 heterocycles. The van der Waals surface area contributed by atoms with Crippen molar-refractivity contribution >= 4 is 17.9 Å². The van der Waals surface area contributed by atoms with Crippen molar-refractivity contribution in [3.8, 4) is 0 Å². The molecule has 83 heavy (non-hydrogen) atoms. The minimum absolute atomic E-state index is 0.0787. The molecule has 0 radical (unpaired) electrons. The van der Waals surface area contributed by atoms with Gasteiger partial charge in [0, 0.05) is 19.3 Å². The second-order valence-corrected chi connectivity index (χ2v) is 23.4. The Morgan fingerprint density at radius 1 is 0.253 bits per heavy atom. The van der Waals surface area contributed by atoms with E-state index >= 15 is 0 Å². The molecule has 6 heteroatoms. The van der Waals surface area contributed by atoms with E-state index in [0.717, 1.165) is 116 Å². The standard InChI is InChI=1S/C77H132O6/c1-4-7-10-13-16-19-22-25-28-30-32-33-34-35-36-37-38-39-40-41-42-43-44-45-46-48-49-52-55-58-61-64-67-70-76(79)82-73-74(72-81-75(78)69-66-63-60-57-54-51-27-24-21-18-15-12-9-6-3)83-77(80)71-68-65-62-59-56-53-50-47-31-29-26-23-20-17-14-11-8-5-2/h7,10,16,19,25,28-29,31-33,35-36,38-39,41-42,44-45,74H,4-6,8-9,11-15,17-18,20-24,26-27,30,34,37,40,43,46-73H2,1-3H3/b10-7-,19-16-,28-25-,31-29-,33-32-,36-35-,39-38-,42-41-,45-44-. The lowest BCUT2D eigenvalue weighted by Gasteiger charge is -2.18. The van der Waals surface area contributed by atoms with Crippen molar-refractivity contribution in [2.24, 2.45) is 0 Å². The van der Waals surface area contributed by atoms with Crippen LogP contribution in [0.4, 0.5) is 0 Å². The number of esters is 3. The van der Waals surface area contributed by atoms with Crippen LogP contribution in [0.2, 0.25) is 0 Å². The van der Waals surface area contributed by atoms with Gasteiger partial charge in [-0.3, -0.25) is 14.4 Å². The Bertz CT molecular complexity index is 1660. The van der Waals surface area contributed by atoms with Gasteiger partial charge in [0.05, 0.1) is 0 Å². The number of hydrogen-bond donors (Lipinski definition) is 0. The topological polar surface area (TPSA) is 78.9 Å². The molecule has 0 saturated carbocycles. The van der Waals surface area contributed by atoms with E-state index in [9.17, 15) is 14.4 Å². The number of unbranched alkanes of at least 4 members (excludes halogenated alkanes) is 35. The lowest BCUT2D eigenvalue weighted by atomic mass is 10.0. The molecule has 0 aromatic heterocycles. The predicted octanol–water partition coefficient (Wildman–Crippen LogP) is 24.6. The van der Waals surface area contributed by atoms with Gasteiger partial charge in [0.2, 0.25) is 0 Å². The van der Waals surface area contributed by atoms with Gasteiger partial charge in [0.1, 0.15) is 13.2 Å². The van der Waals surface area contributed by atoms with E-state index in [2.05, 4.69) is 130 Å². The Morgan fingerprint density at radius 3 is 0.747 bits per heavy atom. The highest BCUT2D eigenvalue weighted by molar-refractivity contribution is 5.71. The third kappa shape index (κ3) is 68.7. The average Bonchev–Trinajstić information content (AvgIpc) is 3.49. The minimum atomic E-state index is -0.784. The fourth-order valence-corrected chi connectivity index (χ4v) is 9.99. The summed E-state index contributed by atoms with van der Waals surface area (Å²) in [7, 11) is 0. The molecule has 0 rings (SSSR count). The molecule has 0 saturated heterocycles. The highest BCUT2D eigenvalue weighted by Crippen LogP contribution is 2.17. The number of ether oxygens (including phenoxy) is 3. The third-order valence-corrected chi connectivity index (χ3v) is 15.3. The quantitative estimate of drug-likeness (QED) is 0.0261. The fourth-order valence-electron chi connectivity index (χ4n) is 9.99. The molecule has 1 unspecified atom stereocenters. The first-order chi connectivity index (χ1) is 41.0. The SMILES string of the molecule is CC/C=C\C/C=C\C/C=C\C/C=C\C/C=C\C/C=C\C/C=C\C/C=C\CCCCCCCCCCC(=O)OCC(COC(=O)CCCCCCCCCCCCCCCC)OC(=O)CCCCCCCCC/C=C\CCCCCCCCC. The van der Waals surface area contributed by atoms with Gasteiger partial charge in [-0.15, -0.1) is 0 Å². The monoisotopic (exact) mass is 1150 g/mol. The van der Waals surface area contributed by atoms with Crippen LogP contribution in [0.1, 0.15) is 342 Å².